The van der Waals surface area contributed by atoms with Crippen LogP contribution >= 0.6 is 0 Å². The molecule has 1 aromatic heterocycles. The predicted octanol–water partition coefficient (Wildman–Crippen LogP) is 2.68. The third kappa shape index (κ3) is 4.12. The minimum Gasteiger partial charge on any atom is -0.497 e. The van der Waals surface area contributed by atoms with E-state index in [9.17, 15) is 8.42 Å². The fraction of sp³-hybridized carbons (Fsp3) is 0.211. The number of methoxy groups -OCH3 is 2. The maximum Gasteiger partial charge on any atom is 0.244 e. The lowest BCUT2D eigenvalue weighted by Gasteiger charge is -2.12. The van der Waals surface area contributed by atoms with Gasteiger partial charge in [-0.1, -0.05) is 12.1 Å². The first-order valence-electron chi connectivity index (χ1n) is 8.25. The Morgan fingerprint density at radius 3 is 2.41 bits per heavy atom. The van der Waals surface area contributed by atoms with Crippen LogP contribution < -0.4 is 14.2 Å². The number of nitrogens with one attached hydrogen (secondary N) is 1. The summed E-state index contributed by atoms with van der Waals surface area (Å²) in [5, 5.41) is 0. The van der Waals surface area contributed by atoms with Crippen molar-refractivity contribution in [1.82, 2.24) is 14.3 Å². The van der Waals surface area contributed by atoms with Crippen LogP contribution in [0, 0.1) is 6.92 Å². The van der Waals surface area contributed by atoms with Gasteiger partial charge >= 0.3 is 0 Å². The Kier molecular flexibility index (Phi) is 5.48. The SMILES string of the molecule is COc1ccc(OC)c(S(=O)(=O)NCc2ccc(-n3ccnc3C)cc2)c1. The molecular formula is C19H21N3O4S. The first-order valence-corrected chi connectivity index (χ1v) is 9.74. The van der Waals surface area contributed by atoms with E-state index in [-0.39, 0.29) is 17.2 Å². The Hall–Kier alpha value is -2.84. The van der Waals surface area contributed by atoms with Crippen LogP contribution in [0.1, 0.15) is 11.4 Å². The van der Waals surface area contributed by atoms with Gasteiger partial charge in [0.1, 0.15) is 22.2 Å². The summed E-state index contributed by atoms with van der Waals surface area (Å²) < 4.78 is 40.2. The zero-order valence-electron chi connectivity index (χ0n) is 15.3. The first kappa shape index (κ1) is 18.9. The largest absolute Gasteiger partial charge is 0.497 e. The molecule has 8 heteroatoms. The molecule has 1 N–H and O–H groups in total. The number of nitrogens with zero attached hydrogens (tertiary/aromatic N) is 2. The van der Waals surface area contributed by atoms with E-state index in [0.717, 1.165) is 17.1 Å². The average Bonchev–Trinajstić information content (AvgIpc) is 3.12. The molecule has 0 aliphatic carbocycles. The van der Waals surface area contributed by atoms with Crippen LogP contribution in [0.5, 0.6) is 11.5 Å². The van der Waals surface area contributed by atoms with Crippen LogP contribution in [0.2, 0.25) is 0 Å². The molecule has 0 spiro atoms. The molecule has 3 rings (SSSR count). The second-order valence-electron chi connectivity index (χ2n) is 5.85. The van der Waals surface area contributed by atoms with Gasteiger partial charge in [0, 0.05) is 30.7 Å². The van der Waals surface area contributed by atoms with Crippen molar-refractivity contribution >= 4 is 10.0 Å². The van der Waals surface area contributed by atoms with Gasteiger partial charge in [0.05, 0.1) is 14.2 Å². The zero-order valence-corrected chi connectivity index (χ0v) is 16.2. The van der Waals surface area contributed by atoms with Crippen LogP contribution in [0.3, 0.4) is 0 Å². The number of ether oxygens (including phenoxy) is 2. The fourth-order valence-corrected chi connectivity index (χ4v) is 3.88. The van der Waals surface area contributed by atoms with Crippen molar-refractivity contribution in [2.45, 2.75) is 18.4 Å². The smallest absolute Gasteiger partial charge is 0.244 e. The predicted molar refractivity (Wildman–Crippen MR) is 102 cm³/mol. The van der Waals surface area contributed by atoms with Crippen molar-refractivity contribution < 1.29 is 17.9 Å². The van der Waals surface area contributed by atoms with Crippen LogP contribution in [0.25, 0.3) is 5.69 Å². The highest BCUT2D eigenvalue weighted by atomic mass is 32.2. The van der Waals surface area contributed by atoms with Gasteiger partial charge in [-0.25, -0.2) is 18.1 Å². The molecule has 0 aliphatic heterocycles. The minimum absolute atomic E-state index is 0.0370. The summed E-state index contributed by atoms with van der Waals surface area (Å²) >= 11 is 0. The van der Waals surface area contributed by atoms with Gasteiger partial charge in [-0.05, 0) is 36.8 Å². The minimum atomic E-state index is -3.76. The van der Waals surface area contributed by atoms with Crippen LogP contribution in [-0.4, -0.2) is 32.2 Å². The lowest BCUT2D eigenvalue weighted by molar-refractivity contribution is 0.392. The van der Waals surface area contributed by atoms with E-state index in [1.54, 1.807) is 18.3 Å². The molecule has 1 heterocycles. The molecule has 0 unspecified atom stereocenters. The molecule has 0 atom stereocenters. The quantitative estimate of drug-likeness (QED) is 0.674. The highest BCUT2D eigenvalue weighted by Crippen LogP contribution is 2.28. The summed E-state index contributed by atoms with van der Waals surface area (Å²) in [6.45, 7) is 2.08. The van der Waals surface area contributed by atoms with Crippen molar-refractivity contribution in [3.63, 3.8) is 0 Å². The van der Waals surface area contributed by atoms with E-state index >= 15 is 0 Å². The van der Waals surface area contributed by atoms with E-state index in [2.05, 4.69) is 9.71 Å². The molecule has 0 amide bonds. The third-order valence-electron chi connectivity index (χ3n) is 4.17. The second-order valence-corrected chi connectivity index (χ2v) is 7.59. The van der Waals surface area contributed by atoms with Gasteiger partial charge in [0.15, 0.2) is 0 Å². The summed E-state index contributed by atoms with van der Waals surface area (Å²) in [6.07, 6.45) is 3.61. The molecule has 0 radical (unpaired) electrons. The zero-order chi connectivity index (χ0) is 19.4. The Labute approximate surface area is 158 Å². The Bertz CT molecular complexity index is 1030. The van der Waals surface area contributed by atoms with Crippen molar-refractivity contribution in [2.75, 3.05) is 14.2 Å². The van der Waals surface area contributed by atoms with E-state index in [4.69, 9.17) is 9.47 Å². The van der Waals surface area contributed by atoms with Gasteiger partial charge in [-0.3, -0.25) is 0 Å². The fourth-order valence-electron chi connectivity index (χ4n) is 2.68. The maximum atomic E-state index is 12.7. The van der Waals surface area contributed by atoms with Gasteiger partial charge in [0.2, 0.25) is 10.0 Å². The number of rotatable bonds is 7. The molecule has 2 aromatic carbocycles. The molecule has 27 heavy (non-hydrogen) atoms. The standard InChI is InChI=1S/C19H21N3O4S/c1-14-20-10-11-22(14)16-6-4-15(5-7-16)13-21-27(23,24)19-12-17(25-2)8-9-18(19)26-3/h4-12,21H,13H2,1-3H3. The van der Waals surface area contributed by atoms with Gasteiger partial charge in [-0.2, -0.15) is 0 Å². The maximum absolute atomic E-state index is 12.7. The number of hydrogen-bond acceptors (Lipinski definition) is 5. The van der Waals surface area contributed by atoms with Crippen molar-refractivity contribution in [1.29, 1.82) is 0 Å². The van der Waals surface area contributed by atoms with Gasteiger partial charge in [0.25, 0.3) is 0 Å². The number of aryl methyl sites for hydroxylation is 1. The topological polar surface area (TPSA) is 82.5 Å². The molecule has 0 saturated heterocycles. The number of sulfonamides is 1. The summed E-state index contributed by atoms with van der Waals surface area (Å²) in [5.74, 6) is 1.58. The summed E-state index contributed by atoms with van der Waals surface area (Å²) in [5.41, 5.74) is 1.80. The normalized spacial score (nSPS) is 11.4. The monoisotopic (exact) mass is 387 g/mol. The molecule has 0 aliphatic rings. The molecule has 0 fully saturated rings. The lowest BCUT2D eigenvalue weighted by Crippen LogP contribution is -2.23. The van der Waals surface area contributed by atoms with Gasteiger partial charge < -0.3 is 14.0 Å². The summed E-state index contributed by atoms with van der Waals surface area (Å²) in [4.78, 5) is 4.23. The number of hydrogen-bond donors (Lipinski definition) is 1. The number of aromatic nitrogens is 2. The number of benzene rings is 2. The van der Waals surface area contributed by atoms with E-state index < -0.39 is 10.0 Å². The Morgan fingerprint density at radius 2 is 1.81 bits per heavy atom. The molecule has 3 aromatic rings. The van der Waals surface area contributed by atoms with Crippen molar-refractivity contribution in [2.24, 2.45) is 0 Å². The highest BCUT2D eigenvalue weighted by molar-refractivity contribution is 7.89. The second kappa shape index (κ2) is 7.81. The number of imidazole rings is 1. The first-order chi connectivity index (χ1) is 12.9. The highest BCUT2D eigenvalue weighted by Gasteiger charge is 2.20. The molecule has 7 nitrogen and oxygen atoms in total. The third-order valence-corrected chi connectivity index (χ3v) is 5.59. The van der Waals surface area contributed by atoms with E-state index in [0.29, 0.717) is 5.75 Å². The van der Waals surface area contributed by atoms with Crippen LogP contribution in [-0.2, 0) is 16.6 Å². The van der Waals surface area contributed by atoms with Crippen LogP contribution in [0.4, 0.5) is 0 Å². The van der Waals surface area contributed by atoms with Crippen molar-refractivity contribution in [3.8, 4) is 17.2 Å². The van der Waals surface area contributed by atoms with Crippen molar-refractivity contribution in [3.05, 3.63) is 66.2 Å². The molecule has 142 valence electrons. The molecular weight excluding hydrogens is 366 g/mol. The Balaban J connectivity index is 1.77. The van der Waals surface area contributed by atoms with E-state index in [1.807, 2.05) is 42.0 Å². The van der Waals surface area contributed by atoms with Crippen LogP contribution in [0.15, 0.2) is 59.8 Å². The molecule has 0 saturated carbocycles. The molecule has 0 bridgehead atoms. The lowest BCUT2D eigenvalue weighted by atomic mass is 10.2. The Morgan fingerprint density at radius 1 is 1.07 bits per heavy atom. The average molecular weight is 387 g/mol. The summed E-state index contributed by atoms with van der Waals surface area (Å²) in [6, 6.07) is 12.2. The van der Waals surface area contributed by atoms with E-state index in [1.165, 1.54) is 20.3 Å². The summed E-state index contributed by atoms with van der Waals surface area (Å²) in [7, 11) is -0.855. The van der Waals surface area contributed by atoms with Gasteiger partial charge in [-0.15, -0.1) is 0 Å².